The maximum absolute atomic E-state index is 11.4. The average Bonchev–Trinajstić information content (AvgIpc) is 2.38. The van der Waals surface area contributed by atoms with Crippen LogP contribution in [-0.4, -0.2) is 24.0 Å². The van der Waals surface area contributed by atoms with E-state index in [9.17, 15) is 14.9 Å². The average molecular weight is 250 g/mol. The number of carbonyl (C=O) groups is 1. The highest BCUT2D eigenvalue weighted by molar-refractivity contribution is 5.77. The first kappa shape index (κ1) is 12.3. The predicted octanol–water partition coefficient (Wildman–Crippen LogP) is 1.29. The normalized spacial score (nSPS) is 23.3. The number of piperidine rings is 1. The monoisotopic (exact) mass is 250 g/mol. The number of hydrogen-bond donors (Lipinski definition) is 1. The van der Waals surface area contributed by atoms with E-state index in [1.165, 1.54) is 0 Å². The third-order valence-electron chi connectivity index (χ3n) is 3.11. The van der Waals surface area contributed by atoms with E-state index in [4.69, 9.17) is 4.74 Å². The zero-order valence-corrected chi connectivity index (χ0v) is 9.96. The van der Waals surface area contributed by atoms with E-state index in [-0.39, 0.29) is 23.7 Å². The van der Waals surface area contributed by atoms with Gasteiger partial charge >= 0.3 is 0 Å². The van der Waals surface area contributed by atoms with E-state index in [0.717, 1.165) is 5.56 Å². The van der Waals surface area contributed by atoms with Gasteiger partial charge in [-0.25, -0.2) is 0 Å². The Hall–Kier alpha value is -2.11. The molecule has 1 N–H and O–H groups in total. The topological polar surface area (TPSA) is 81.5 Å². The molecule has 1 aliphatic heterocycles. The van der Waals surface area contributed by atoms with Crippen LogP contribution < -0.4 is 10.1 Å². The summed E-state index contributed by atoms with van der Waals surface area (Å²) in [5.41, 5.74) is 0.727. The summed E-state index contributed by atoms with van der Waals surface area (Å²) in [4.78, 5) is 22.1. The Balaban J connectivity index is 2.25. The molecule has 0 saturated carbocycles. The molecule has 1 aliphatic rings. The van der Waals surface area contributed by atoms with Gasteiger partial charge in [-0.15, -0.1) is 0 Å². The van der Waals surface area contributed by atoms with Crippen LogP contribution >= 0.6 is 0 Å². The molecular weight excluding hydrogens is 236 g/mol. The number of benzene rings is 1. The van der Waals surface area contributed by atoms with Crippen LogP contribution in [-0.2, 0) is 4.79 Å². The molecule has 1 amide bonds. The Morgan fingerprint density at radius 3 is 2.61 bits per heavy atom. The first-order chi connectivity index (χ1) is 8.61. The lowest BCUT2D eigenvalue weighted by molar-refractivity contribution is -0.529. The number of nitrogens with one attached hydrogen (secondary N) is 1. The summed E-state index contributed by atoms with van der Waals surface area (Å²) in [5.74, 6) is 0.535. The number of hydrogen-bond acceptors (Lipinski definition) is 4. The van der Waals surface area contributed by atoms with E-state index in [1.807, 2.05) is 0 Å². The molecule has 6 heteroatoms. The molecule has 0 bridgehead atoms. The van der Waals surface area contributed by atoms with Crippen LogP contribution in [0.5, 0.6) is 5.75 Å². The van der Waals surface area contributed by atoms with Crippen molar-refractivity contribution in [3.05, 3.63) is 39.9 Å². The molecule has 1 aromatic carbocycles. The lowest BCUT2D eigenvalue weighted by Crippen LogP contribution is -2.45. The summed E-state index contributed by atoms with van der Waals surface area (Å²) in [7, 11) is 1.55. The third-order valence-corrected chi connectivity index (χ3v) is 3.11. The van der Waals surface area contributed by atoms with Crippen molar-refractivity contribution in [1.82, 2.24) is 5.32 Å². The van der Waals surface area contributed by atoms with Gasteiger partial charge in [0, 0.05) is 17.8 Å². The zero-order chi connectivity index (χ0) is 13.1. The number of nitrogens with zero attached hydrogens (tertiary/aromatic N) is 1. The second kappa shape index (κ2) is 5.03. The Bertz CT molecular complexity index is 458. The first-order valence-electron chi connectivity index (χ1n) is 5.68. The minimum Gasteiger partial charge on any atom is -0.497 e. The summed E-state index contributed by atoms with van der Waals surface area (Å²) in [6, 6.07) is 5.61. The number of carbonyl (C=O) groups excluding carboxylic acids is 1. The molecule has 1 fully saturated rings. The molecule has 1 heterocycles. The summed E-state index contributed by atoms with van der Waals surface area (Å²) >= 11 is 0. The first-order valence-corrected chi connectivity index (χ1v) is 5.68. The van der Waals surface area contributed by atoms with Crippen molar-refractivity contribution in [2.75, 3.05) is 7.11 Å². The number of ether oxygens (including phenoxy) is 1. The van der Waals surface area contributed by atoms with Crippen molar-refractivity contribution in [2.24, 2.45) is 0 Å². The molecule has 18 heavy (non-hydrogen) atoms. The fraction of sp³-hybridized carbons (Fsp3) is 0.417. The summed E-state index contributed by atoms with van der Waals surface area (Å²) in [6.45, 7) is 0. The zero-order valence-electron chi connectivity index (χ0n) is 9.96. The van der Waals surface area contributed by atoms with Crippen LogP contribution in [0, 0.1) is 10.1 Å². The quantitative estimate of drug-likeness (QED) is 0.647. The standard InChI is InChI=1S/C12H14N2O4/c1-18-9-4-2-8(3-5-9)12-10(14(16)17)6-7-11(15)13-12/h2-5,10,12H,6-7H2,1H3,(H,13,15). The fourth-order valence-corrected chi connectivity index (χ4v) is 2.13. The van der Waals surface area contributed by atoms with Gasteiger partial charge in [-0.3, -0.25) is 14.9 Å². The van der Waals surface area contributed by atoms with Crippen LogP contribution in [0.4, 0.5) is 0 Å². The molecule has 0 aliphatic carbocycles. The van der Waals surface area contributed by atoms with E-state index in [0.29, 0.717) is 5.75 Å². The minimum absolute atomic E-state index is 0.145. The number of methoxy groups -OCH3 is 1. The highest BCUT2D eigenvalue weighted by Crippen LogP contribution is 2.27. The summed E-state index contributed by atoms with van der Waals surface area (Å²) in [6.07, 6.45) is 0.480. The maximum Gasteiger partial charge on any atom is 0.237 e. The minimum atomic E-state index is -0.768. The van der Waals surface area contributed by atoms with Crippen molar-refractivity contribution in [1.29, 1.82) is 0 Å². The van der Waals surface area contributed by atoms with Crippen LogP contribution in [0.1, 0.15) is 24.4 Å². The van der Waals surface area contributed by atoms with Gasteiger partial charge in [0.15, 0.2) is 0 Å². The SMILES string of the molecule is COc1ccc(C2NC(=O)CCC2[N+](=O)[O-])cc1. The smallest absolute Gasteiger partial charge is 0.237 e. The van der Waals surface area contributed by atoms with Crippen LogP contribution in [0.3, 0.4) is 0 Å². The van der Waals surface area contributed by atoms with Gasteiger partial charge in [0.05, 0.1) is 7.11 Å². The molecular formula is C12H14N2O4. The lowest BCUT2D eigenvalue weighted by atomic mass is 9.92. The van der Waals surface area contributed by atoms with Crippen molar-refractivity contribution >= 4 is 5.91 Å². The molecule has 0 radical (unpaired) electrons. The Morgan fingerprint density at radius 1 is 1.39 bits per heavy atom. The van der Waals surface area contributed by atoms with Crippen molar-refractivity contribution < 1.29 is 14.5 Å². The van der Waals surface area contributed by atoms with Crippen LogP contribution in [0.15, 0.2) is 24.3 Å². The van der Waals surface area contributed by atoms with E-state index in [2.05, 4.69) is 5.32 Å². The predicted molar refractivity (Wildman–Crippen MR) is 63.9 cm³/mol. The number of amides is 1. The highest BCUT2D eigenvalue weighted by Gasteiger charge is 2.37. The van der Waals surface area contributed by atoms with Gasteiger partial charge in [-0.05, 0) is 17.7 Å². The van der Waals surface area contributed by atoms with Gasteiger partial charge in [-0.1, -0.05) is 12.1 Å². The van der Waals surface area contributed by atoms with E-state index >= 15 is 0 Å². The van der Waals surface area contributed by atoms with Gasteiger partial charge in [0.25, 0.3) is 0 Å². The Kier molecular flexibility index (Phi) is 3.45. The fourth-order valence-electron chi connectivity index (χ4n) is 2.13. The van der Waals surface area contributed by atoms with Gasteiger partial charge in [0.1, 0.15) is 11.8 Å². The van der Waals surface area contributed by atoms with Crippen molar-refractivity contribution in [3.8, 4) is 5.75 Å². The molecule has 2 rings (SSSR count). The second-order valence-electron chi connectivity index (χ2n) is 4.21. The van der Waals surface area contributed by atoms with Crippen LogP contribution in [0.2, 0.25) is 0 Å². The highest BCUT2D eigenvalue weighted by atomic mass is 16.6. The Labute approximate surface area is 104 Å². The van der Waals surface area contributed by atoms with Crippen molar-refractivity contribution in [2.45, 2.75) is 24.9 Å². The molecule has 0 spiro atoms. The number of nitro groups is 1. The van der Waals surface area contributed by atoms with Gasteiger partial charge in [-0.2, -0.15) is 0 Å². The molecule has 0 aromatic heterocycles. The summed E-state index contributed by atoms with van der Waals surface area (Å²) < 4.78 is 5.03. The molecule has 1 saturated heterocycles. The van der Waals surface area contributed by atoms with Gasteiger partial charge < -0.3 is 10.1 Å². The van der Waals surface area contributed by atoms with E-state index < -0.39 is 12.1 Å². The lowest BCUT2D eigenvalue weighted by Gasteiger charge is -2.26. The maximum atomic E-state index is 11.4. The van der Waals surface area contributed by atoms with E-state index in [1.54, 1.807) is 31.4 Å². The van der Waals surface area contributed by atoms with Crippen molar-refractivity contribution in [3.63, 3.8) is 0 Å². The van der Waals surface area contributed by atoms with Crippen LogP contribution in [0.25, 0.3) is 0 Å². The Morgan fingerprint density at radius 2 is 2.06 bits per heavy atom. The molecule has 96 valence electrons. The molecule has 2 unspecified atom stereocenters. The molecule has 6 nitrogen and oxygen atoms in total. The summed E-state index contributed by atoms with van der Waals surface area (Å²) in [5, 5.41) is 13.7. The molecule has 2 atom stereocenters. The second-order valence-corrected chi connectivity index (χ2v) is 4.21. The molecule has 1 aromatic rings. The third kappa shape index (κ3) is 2.42. The largest absolute Gasteiger partial charge is 0.497 e. The number of rotatable bonds is 3. The van der Waals surface area contributed by atoms with Gasteiger partial charge in [0.2, 0.25) is 11.9 Å².